The first-order valence-corrected chi connectivity index (χ1v) is 6.17. The highest BCUT2D eigenvalue weighted by Gasteiger charge is 2.10. The first kappa shape index (κ1) is 13.9. The fraction of sp³-hybridized carbons (Fsp3) is 0.200. The minimum atomic E-state index is -1.29. The highest BCUT2D eigenvalue weighted by Crippen LogP contribution is 2.13. The van der Waals surface area contributed by atoms with Crippen molar-refractivity contribution in [3.63, 3.8) is 0 Å². The van der Waals surface area contributed by atoms with E-state index >= 15 is 0 Å². The maximum atomic E-state index is 11.7. The third-order valence-electron chi connectivity index (χ3n) is 2.89. The summed E-state index contributed by atoms with van der Waals surface area (Å²) in [7, 11) is 0. The van der Waals surface area contributed by atoms with Gasteiger partial charge in [0.25, 0.3) is 0 Å². The molecule has 0 fully saturated rings. The van der Waals surface area contributed by atoms with Gasteiger partial charge in [-0.1, -0.05) is 31.2 Å². The summed E-state index contributed by atoms with van der Waals surface area (Å²) in [5, 5.41) is 8.70. The topological polar surface area (TPSA) is 76.7 Å². The molecule has 0 atom stereocenters. The fourth-order valence-electron chi connectivity index (χ4n) is 1.82. The Labute approximate surface area is 115 Å². The van der Waals surface area contributed by atoms with Crippen LogP contribution in [0.1, 0.15) is 28.6 Å². The van der Waals surface area contributed by atoms with Crippen LogP contribution in [0.15, 0.2) is 45.8 Å². The molecule has 0 radical (unpaired) electrons. The first-order valence-electron chi connectivity index (χ1n) is 6.17. The van der Waals surface area contributed by atoms with Gasteiger partial charge < -0.3 is 14.3 Å². The molecule has 0 saturated heterocycles. The molecule has 2 rings (SSSR count). The molecule has 104 valence electrons. The number of aromatic carboxylic acids is 1. The van der Waals surface area contributed by atoms with Gasteiger partial charge in [-0.05, 0) is 17.5 Å². The molecule has 0 saturated carbocycles. The zero-order valence-electron chi connectivity index (χ0n) is 11.0. The maximum Gasteiger partial charge on any atom is 0.371 e. The van der Waals surface area contributed by atoms with Crippen molar-refractivity contribution in [1.29, 1.82) is 0 Å². The number of hydrogen-bond acceptors (Lipinski definition) is 4. The minimum absolute atomic E-state index is 0.000839. The molecule has 1 aromatic heterocycles. The average Bonchev–Trinajstić information content (AvgIpc) is 2.46. The summed E-state index contributed by atoms with van der Waals surface area (Å²) in [4.78, 5) is 22.3. The van der Waals surface area contributed by atoms with Crippen molar-refractivity contribution in [2.75, 3.05) is 0 Å². The monoisotopic (exact) mass is 274 g/mol. The van der Waals surface area contributed by atoms with Crippen LogP contribution in [0.5, 0.6) is 5.75 Å². The van der Waals surface area contributed by atoms with Gasteiger partial charge in [0.2, 0.25) is 16.9 Å². The Morgan fingerprint density at radius 3 is 2.60 bits per heavy atom. The van der Waals surface area contributed by atoms with Crippen molar-refractivity contribution in [2.45, 2.75) is 20.0 Å². The number of aryl methyl sites for hydroxylation is 1. The Kier molecular flexibility index (Phi) is 4.20. The standard InChI is InChI=1S/C15H14O5/c1-2-10-5-3-4-6-11(10)8-19-14-9-20-13(15(17)18)7-12(14)16/h3-7,9H,2,8H2,1H3,(H,17,18). The second-order valence-electron chi connectivity index (χ2n) is 4.19. The second kappa shape index (κ2) is 6.06. The summed E-state index contributed by atoms with van der Waals surface area (Å²) in [5.41, 5.74) is 1.61. The summed E-state index contributed by atoms with van der Waals surface area (Å²) in [6.07, 6.45) is 1.90. The molecule has 1 aromatic carbocycles. The van der Waals surface area contributed by atoms with Crippen LogP contribution >= 0.6 is 0 Å². The molecule has 1 heterocycles. The van der Waals surface area contributed by atoms with E-state index in [4.69, 9.17) is 14.3 Å². The lowest BCUT2D eigenvalue weighted by Crippen LogP contribution is -2.10. The number of carbonyl (C=O) groups is 1. The predicted octanol–water partition coefficient (Wildman–Crippen LogP) is 2.48. The third kappa shape index (κ3) is 3.06. The van der Waals surface area contributed by atoms with Gasteiger partial charge >= 0.3 is 5.97 Å². The van der Waals surface area contributed by atoms with Gasteiger partial charge in [0.1, 0.15) is 12.9 Å². The Hall–Kier alpha value is -2.56. The van der Waals surface area contributed by atoms with Crippen molar-refractivity contribution in [1.82, 2.24) is 0 Å². The lowest BCUT2D eigenvalue weighted by molar-refractivity contribution is 0.0658. The Balaban J connectivity index is 2.15. The van der Waals surface area contributed by atoms with Crippen molar-refractivity contribution >= 4 is 5.97 Å². The molecule has 1 N–H and O–H groups in total. The highest BCUT2D eigenvalue weighted by molar-refractivity contribution is 5.84. The zero-order chi connectivity index (χ0) is 14.5. The van der Waals surface area contributed by atoms with E-state index in [-0.39, 0.29) is 12.4 Å². The van der Waals surface area contributed by atoms with Gasteiger partial charge in [-0.2, -0.15) is 0 Å². The van der Waals surface area contributed by atoms with Crippen molar-refractivity contribution < 1.29 is 19.1 Å². The zero-order valence-corrected chi connectivity index (χ0v) is 11.0. The molecular formula is C15H14O5. The van der Waals surface area contributed by atoms with Gasteiger partial charge in [0, 0.05) is 6.07 Å². The molecule has 0 aliphatic rings. The van der Waals surface area contributed by atoms with Gasteiger partial charge in [-0.15, -0.1) is 0 Å². The van der Waals surface area contributed by atoms with Crippen molar-refractivity contribution in [2.24, 2.45) is 0 Å². The molecule has 5 nitrogen and oxygen atoms in total. The number of carboxylic acids is 1. The molecule has 2 aromatic rings. The minimum Gasteiger partial charge on any atom is -0.482 e. The van der Waals surface area contributed by atoms with E-state index in [1.807, 2.05) is 31.2 Å². The number of ether oxygens (including phenoxy) is 1. The molecule has 0 bridgehead atoms. The van der Waals surface area contributed by atoms with Crippen LogP contribution in [0.4, 0.5) is 0 Å². The van der Waals surface area contributed by atoms with Gasteiger partial charge in [0.15, 0.2) is 0 Å². The van der Waals surface area contributed by atoms with E-state index in [9.17, 15) is 9.59 Å². The lowest BCUT2D eigenvalue weighted by atomic mass is 10.1. The molecule has 20 heavy (non-hydrogen) atoms. The number of carboxylic acid groups (broad SMARTS) is 1. The normalized spacial score (nSPS) is 10.2. The summed E-state index contributed by atoms with van der Waals surface area (Å²) >= 11 is 0. The predicted molar refractivity (Wildman–Crippen MR) is 72.1 cm³/mol. The van der Waals surface area contributed by atoms with E-state index in [0.717, 1.165) is 29.9 Å². The number of benzene rings is 1. The average molecular weight is 274 g/mol. The van der Waals surface area contributed by atoms with Crippen LogP contribution in [-0.2, 0) is 13.0 Å². The first-order chi connectivity index (χ1) is 9.61. The van der Waals surface area contributed by atoms with Crippen LogP contribution in [0.25, 0.3) is 0 Å². The summed E-state index contributed by atoms with van der Waals surface area (Å²) in [5.74, 6) is -1.69. The van der Waals surface area contributed by atoms with Gasteiger partial charge in [-0.25, -0.2) is 4.79 Å². The molecule has 0 unspecified atom stereocenters. The van der Waals surface area contributed by atoms with Crippen LogP contribution in [0, 0.1) is 0 Å². The molecular weight excluding hydrogens is 260 g/mol. The third-order valence-corrected chi connectivity index (χ3v) is 2.89. The second-order valence-corrected chi connectivity index (χ2v) is 4.19. The molecule has 0 aliphatic heterocycles. The molecule has 0 aliphatic carbocycles. The maximum absolute atomic E-state index is 11.7. The molecule has 0 spiro atoms. The van der Waals surface area contributed by atoms with Crippen LogP contribution in [0.3, 0.4) is 0 Å². The fourth-order valence-corrected chi connectivity index (χ4v) is 1.82. The Morgan fingerprint density at radius 1 is 1.30 bits per heavy atom. The number of hydrogen-bond donors (Lipinski definition) is 1. The van der Waals surface area contributed by atoms with E-state index in [1.165, 1.54) is 0 Å². The SMILES string of the molecule is CCc1ccccc1COc1coc(C(=O)O)cc1=O. The Bertz CT molecular complexity index is 672. The summed E-state index contributed by atoms with van der Waals surface area (Å²) in [6.45, 7) is 2.27. The van der Waals surface area contributed by atoms with Crippen LogP contribution < -0.4 is 10.2 Å². The van der Waals surface area contributed by atoms with E-state index < -0.39 is 17.2 Å². The van der Waals surface area contributed by atoms with E-state index in [0.29, 0.717) is 0 Å². The van der Waals surface area contributed by atoms with Gasteiger partial charge in [-0.3, -0.25) is 4.79 Å². The summed E-state index contributed by atoms with van der Waals surface area (Å²) < 4.78 is 10.2. The number of rotatable bonds is 5. The van der Waals surface area contributed by atoms with E-state index in [1.54, 1.807) is 0 Å². The van der Waals surface area contributed by atoms with Crippen molar-refractivity contribution in [3.8, 4) is 5.75 Å². The Morgan fingerprint density at radius 2 is 2.00 bits per heavy atom. The largest absolute Gasteiger partial charge is 0.482 e. The van der Waals surface area contributed by atoms with E-state index in [2.05, 4.69) is 0 Å². The quantitative estimate of drug-likeness (QED) is 0.906. The molecule has 0 amide bonds. The smallest absolute Gasteiger partial charge is 0.371 e. The van der Waals surface area contributed by atoms with Crippen molar-refractivity contribution in [3.05, 3.63) is 63.7 Å². The van der Waals surface area contributed by atoms with Gasteiger partial charge in [0.05, 0.1) is 0 Å². The van der Waals surface area contributed by atoms with Crippen LogP contribution in [0.2, 0.25) is 0 Å². The summed E-state index contributed by atoms with van der Waals surface area (Å²) in [6, 6.07) is 8.66. The lowest BCUT2D eigenvalue weighted by Gasteiger charge is -2.09. The van der Waals surface area contributed by atoms with Crippen LogP contribution in [-0.4, -0.2) is 11.1 Å². The highest BCUT2D eigenvalue weighted by atomic mass is 16.5. The molecule has 5 heteroatoms.